The molecule has 120 valence electrons. The fourth-order valence-corrected chi connectivity index (χ4v) is 3.64. The van der Waals surface area contributed by atoms with Crippen molar-refractivity contribution in [3.05, 3.63) is 0 Å². The maximum absolute atomic E-state index is 4.14. The number of nitrogens with zero attached hydrogens (tertiary/aromatic N) is 5. The van der Waals surface area contributed by atoms with E-state index in [1.807, 2.05) is 4.68 Å². The van der Waals surface area contributed by atoms with E-state index in [0.29, 0.717) is 6.04 Å². The molecule has 21 heavy (non-hydrogen) atoms. The zero-order valence-electron chi connectivity index (χ0n) is 13.5. The first-order valence-electron chi connectivity index (χ1n) is 7.99. The molecule has 1 atom stereocenters. The molecule has 0 bridgehead atoms. The second-order valence-electron chi connectivity index (χ2n) is 6.06. The second kappa shape index (κ2) is 8.70. The van der Waals surface area contributed by atoms with E-state index >= 15 is 0 Å². The van der Waals surface area contributed by atoms with Gasteiger partial charge in [-0.25, -0.2) is 4.68 Å². The van der Waals surface area contributed by atoms with Gasteiger partial charge in [0.2, 0.25) is 5.16 Å². The Bertz CT molecular complexity index is 408. The average Bonchev–Trinajstić information content (AvgIpc) is 2.88. The van der Waals surface area contributed by atoms with E-state index in [9.17, 15) is 0 Å². The SMILES string of the molecule is CC(C)NCCn1nnnc1SCCC1CCCCN1C. The highest BCUT2D eigenvalue weighted by Gasteiger charge is 2.18. The highest BCUT2D eigenvalue weighted by molar-refractivity contribution is 7.99. The molecule has 1 aromatic rings. The summed E-state index contributed by atoms with van der Waals surface area (Å²) in [6, 6.07) is 1.23. The Morgan fingerprint density at radius 3 is 3.00 bits per heavy atom. The van der Waals surface area contributed by atoms with Crippen LogP contribution >= 0.6 is 11.8 Å². The van der Waals surface area contributed by atoms with Crippen LogP contribution in [0.1, 0.15) is 39.5 Å². The Kier molecular flexibility index (Phi) is 6.92. The highest BCUT2D eigenvalue weighted by atomic mass is 32.2. The van der Waals surface area contributed by atoms with Gasteiger partial charge >= 0.3 is 0 Å². The van der Waals surface area contributed by atoms with Gasteiger partial charge in [0.05, 0.1) is 6.54 Å². The maximum atomic E-state index is 4.14. The van der Waals surface area contributed by atoms with Crippen LogP contribution < -0.4 is 5.32 Å². The van der Waals surface area contributed by atoms with Crippen LogP contribution in [0.5, 0.6) is 0 Å². The molecule has 1 saturated heterocycles. The van der Waals surface area contributed by atoms with Crippen LogP contribution in [0.3, 0.4) is 0 Å². The van der Waals surface area contributed by atoms with Gasteiger partial charge in [-0.2, -0.15) is 0 Å². The monoisotopic (exact) mass is 312 g/mol. The predicted molar refractivity (Wildman–Crippen MR) is 86.6 cm³/mol. The van der Waals surface area contributed by atoms with E-state index in [1.165, 1.54) is 32.2 Å². The summed E-state index contributed by atoms with van der Waals surface area (Å²) < 4.78 is 1.91. The van der Waals surface area contributed by atoms with Crippen molar-refractivity contribution in [3.8, 4) is 0 Å². The normalized spacial score (nSPS) is 20.3. The first-order chi connectivity index (χ1) is 10.2. The Labute approximate surface area is 132 Å². The summed E-state index contributed by atoms with van der Waals surface area (Å²) in [4.78, 5) is 2.50. The van der Waals surface area contributed by atoms with Crippen LogP contribution in [-0.2, 0) is 6.54 Å². The molecule has 1 aromatic heterocycles. The van der Waals surface area contributed by atoms with Gasteiger partial charge in [0, 0.05) is 24.4 Å². The van der Waals surface area contributed by atoms with Crippen molar-refractivity contribution < 1.29 is 0 Å². The van der Waals surface area contributed by atoms with Crippen LogP contribution in [0.4, 0.5) is 0 Å². The zero-order chi connectivity index (χ0) is 15.1. The van der Waals surface area contributed by atoms with Crippen molar-refractivity contribution in [2.75, 3.05) is 25.9 Å². The van der Waals surface area contributed by atoms with Gasteiger partial charge in [-0.15, -0.1) is 5.10 Å². The molecule has 7 heteroatoms. The Hall–Kier alpha value is -0.660. The van der Waals surface area contributed by atoms with Gasteiger partial charge in [-0.05, 0) is 43.3 Å². The van der Waals surface area contributed by atoms with E-state index in [-0.39, 0.29) is 0 Å². The predicted octanol–water partition coefficient (Wildman–Crippen LogP) is 1.64. The summed E-state index contributed by atoms with van der Waals surface area (Å²) in [5, 5.41) is 16.4. The third-order valence-electron chi connectivity index (χ3n) is 3.98. The number of hydrogen-bond donors (Lipinski definition) is 1. The molecular formula is C14H28N6S. The number of likely N-dealkylation sites (tertiary alicyclic amines) is 1. The molecule has 1 unspecified atom stereocenters. The number of thioether (sulfide) groups is 1. The van der Waals surface area contributed by atoms with Crippen LogP contribution in [-0.4, -0.2) is 63.1 Å². The van der Waals surface area contributed by atoms with Crippen molar-refractivity contribution >= 4 is 11.8 Å². The van der Waals surface area contributed by atoms with Crippen molar-refractivity contribution in [1.29, 1.82) is 0 Å². The lowest BCUT2D eigenvalue weighted by molar-refractivity contribution is 0.182. The molecule has 0 aromatic carbocycles. The average molecular weight is 312 g/mol. The lowest BCUT2D eigenvalue weighted by atomic mass is 10.0. The van der Waals surface area contributed by atoms with Gasteiger partial charge in [0.15, 0.2) is 0 Å². The van der Waals surface area contributed by atoms with Crippen molar-refractivity contribution in [3.63, 3.8) is 0 Å². The quantitative estimate of drug-likeness (QED) is 0.736. The number of aromatic nitrogens is 4. The van der Waals surface area contributed by atoms with Gasteiger partial charge in [-0.3, -0.25) is 0 Å². The number of nitrogens with one attached hydrogen (secondary N) is 1. The van der Waals surface area contributed by atoms with Gasteiger partial charge in [-0.1, -0.05) is 32.0 Å². The largest absolute Gasteiger partial charge is 0.313 e. The number of rotatable bonds is 8. The van der Waals surface area contributed by atoms with Crippen molar-refractivity contribution in [1.82, 2.24) is 30.4 Å². The lowest BCUT2D eigenvalue weighted by Gasteiger charge is -2.32. The van der Waals surface area contributed by atoms with Crippen LogP contribution in [0.15, 0.2) is 5.16 Å². The molecule has 1 fully saturated rings. The molecule has 2 heterocycles. The molecule has 1 aliphatic rings. The third-order valence-corrected chi connectivity index (χ3v) is 4.97. The smallest absolute Gasteiger partial charge is 0.209 e. The molecule has 6 nitrogen and oxygen atoms in total. The number of piperidine rings is 1. The number of hydrogen-bond acceptors (Lipinski definition) is 6. The molecule has 0 radical (unpaired) electrons. The molecule has 0 spiro atoms. The molecule has 0 saturated carbocycles. The number of tetrazole rings is 1. The van der Waals surface area contributed by atoms with E-state index in [0.717, 1.165) is 30.0 Å². The topological polar surface area (TPSA) is 58.9 Å². The molecule has 1 aliphatic heterocycles. The minimum Gasteiger partial charge on any atom is -0.313 e. The first-order valence-corrected chi connectivity index (χ1v) is 8.98. The molecule has 2 rings (SSSR count). The fourth-order valence-electron chi connectivity index (χ4n) is 2.69. The van der Waals surface area contributed by atoms with E-state index < -0.39 is 0 Å². The van der Waals surface area contributed by atoms with E-state index in [4.69, 9.17) is 0 Å². The zero-order valence-corrected chi connectivity index (χ0v) is 14.3. The summed E-state index contributed by atoms with van der Waals surface area (Å²) >= 11 is 1.78. The summed E-state index contributed by atoms with van der Waals surface area (Å²) in [6.45, 7) is 7.28. The van der Waals surface area contributed by atoms with E-state index in [2.05, 4.69) is 46.6 Å². The van der Waals surface area contributed by atoms with Crippen molar-refractivity contribution in [2.24, 2.45) is 0 Å². The summed E-state index contributed by atoms with van der Waals surface area (Å²) in [5.41, 5.74) is 0. The van der Waals surface area contributed by atoms with Crippen molar-refractivity contribution in [2.45, 2.75) is 63.3 Å². The van der Waals surface area contributed by atoms with Crippen LogP contribution in [0.25, 0.3) is 0 Å². The van der Waals surface area contributed by atoms with Crippen LogP contribution in [0.2, 0.25) is 0 Å². The molecular weight excluding hydrogens is 284 g/mol. The summed E-state index contributed by atoms with van der Waals surface area (Å²) in [7, 11) is 2.25. The van der Waals surface area contributed by atoms with Gasteiger partial charge in [0.25, 0.3) is 0 Å². The standard InChI is InChI=1S/C14H28N6S/c1-12(2)15-8-10-20-14(16-17-18-20)21-11-7-13-6-4-5-9-19(13)3/h12-13,15H,4-11H2,1-3H3. The maximum Gasteiger partial charge on any atom is 0.209 e. The van der Waals surface area contributed by atoms with Gasteiger partial charge in [0.1, 0.15) is 0 Å². The Morgan fingerprint density at radius 1 is 1.38 bits per heavy atom. The molecule has 0 aliphatic carbocycles. The second-order valence-corrected chi connectivity index (χ2v) is 7.12. The summed E-state index contributed by atoms with van der Waals surface area (Å²) in [5.74, 6) is 1.09. The third kappa shape index (κ3) is 5.56. The lowest BCUT2D eigenvalue weighted by Crippen LogP contribution is -2.36. The molecule has 1 N–H and O–H groups in total. The van der Waals surface area contributed by atoms with Gasteiger partial charge < -0.3 is 10.2 Å². The minimum absolute atomic E-state index is 0.499. The minimum atomic E-state index is 0.499. The summed E-state index contributed by atoms with van der Waals surface area (Å²) in [6.07, 6.45) is 5.28. The Balaban J connectivity index is 1.71. The van der Waals surface area contributed by atoms with E-state index in [1.54, 1.807) is 11.8 Å². The highest BCUT2D eigenvalue weighted by Crippen LogP contribution is 2.22. The fraction of sp³-hybridized carbons (Fsp3) is 0.929. The van der Waals surface area contributed by atoms with Crippen LogP contribution in [0, 0.1) is 0 Å². The first kappa shape index (κ1) is 16.7. The molecule has 0 amide bonds. The Morgan fingerprint density at radius 2 is 2.24 bits per heavy atom.